The van der Waals surface area contributed by atoms with Crippen LogP contribution in [0.15, 0.2) is 24.3 Å². The molecule has 1 aliphatic heterocycles. The van der Waals surface area contributed by atoms with Gasteiger partial charge in [0.2, 0.25) is 24.4 Å². The largest absolute Gasteiger partial charge is 0.454 e. The fourth-order valence-corrected chi connectivity index (χ4v) is 2.70. The Bertz CT molecular complexity index is 1060. The molecule has 1 heterocycles. The van der Waals surface area contributed by atoms with Crippen molar-refractivity contribution in [3.05, 3.63) is 64.5 Å². The van der Waals surface area contributed by atoms with E-state index < -0.39 is 59.1 Å². The number of amides is 2. The monoisotopic (exact) mass is 458 g/mol. The van der Waals surface area contributed by atoms with E-state index in [4.69, 9.17) is 9.47 Å². The van der Waals surface area contributed by atoms with Gasteiger partial charge in [0, 0.05) is 12.6 Å². The molecule has 0 fully saturated rings. The third kappa shape index (κ3) is 4.80. The Morgan fingerprint density at radius 1 is 1.00 bits per heavy atom. The van der Waals surface area contributed by atoms with Crippen LogP contribution in [0.3, 0.4) is 0 Å². The van der Waals surface area contributed by atoms with Crippen molar-refractivity contribution < 1.29 is 46.1 Å². The van der Waals surface area contributed by atoms with Crippen molar-refractivity contribution >= 4 is 17.9 Å². The topological polar surface area (TPSA) is 96.9 Å². The smallest absolute Gasteiger partial charge is 0.245 e. The number of benzene rings is 2. The minimum Gasteiger partial charge on any atom is -0.454 e. The Morgan fingerprint density at radius 2 is 1.62 bits per heavy atom. The lowest BCUT2D eigenvalue weighted by Crippen LogP contribution is -2.48. The molecule has 7 nitrogen and oxygen atoms in total. The highest BCUT2D eigenvalue weighted by molar-refractivity contribution is 5.95. The predicted molar refractivity (Wildman–Crippen MR) is 98.7 cm³/mol. The number of ether oxygens (including phenoxy) is 2. The fourth-order valence-electron chi connectivity index (χ4n) is 2.70. The van der Waals surface area contributed by atoms with E-state index in [1.54, 1.807) is 18.2 Å². The number of hydrogen-bond acceptors (Lipinski definition) is 5. The maximum atomic E-state index is 13.6. The quantitative estimate of drug-likeness (QED) is 0.255. The van der Waals surface area contributed by atoms with Gasteiger partial charge in [-0.15, -0.1) is 0 Å². The Hall–Kier alpha value is -3.67. The second-order valence-corrected chi connectivity index (χ2v) is 6.47. The summed E-state index contributed by atoms with van der Waals surface area (Å²) in [7, 11) is 0. The van der Waals surface area contributed by atoms with Gasteiger partial charge in [0.1, 0.15) is 6.04 Å². The lowest BCUT2D eigenvalue weighted by molar-refractivity contribution is -0.128. The summed E-state index contributed by atoms with van der Waals surface area (Å²) in [6, 6.07) is 3.48. The predicted octanol–water partition coefficient (Wildman–Crippen LogP) is 1.92. The highest BCUT2D eigenvalue weighted by atomic mass is 19.2. The highest BCUT2D eigenvalue weighted by Gasteiger charge is 2.25. The number of aliphatic hydroxyl groups excluding tert-OH is 1. The lowest BCUT2D eigenvalue weighted by Gasteiger charge is -2.15. The van der Waals surface area contributed by atoms with Crippen molar-refractivity contribution in [3.8, 4) is 11.5 Å². The van der Waals surface area contributed by atoms with E-state index in [0.29, 0.717) is 29.2 Å². The van der Waals surface area contributed by atoms with Crippen molar-refractivity contribution in [2.24, 2.45) is 0 Å². The van der Waals surface area contributed by atoms with Crippen LogP contribution in [0.2, 0.25) is 0 Å². The van der Waals surface area contributed by atoms with Crippen molar-refractivity contribution in [2.75, 3.05) is 13.4 Å². The molecule has 170 valence electrons. The van der Waals surface area contributed by atoms with E-state index in [1.807, 2.05) is 0 Å². The molecule has 2 aromatic rings. The van der Waals surface area contributed by atoms with Crippen molar-refractivity contribution in [1.82, 2.24) is 10.6 Å². The second kappa shape index (κ2) is 9.64. The molecule has 0 aliphatic carbocycles. The number of aliphatic hydroxyl groups is 1. The van der Waals surface area contributed by atoms with E-state index in [1.165, 1.54) is 0 Å². The summed E-state index contributed by atoms with van der Waals surface area (Å²) in [4.78, 5) is 24.1. The molecule has 2 amide bonds. The molecule has 3 N–H and O–H groups in total. The van der Waals surface area contributed by atoms with Crippen molar-refractivity contribution in [1.29, 1.82) is 0 Å². The van der Waals surface area contributed by atoms with Gasteiger partial charge in [-0.3, -0.25) is 9.59 Å². The van der Waals surface area contributed by atoms with Crippen molar-refractivity contribution in [3.63, 3.8) is 0 Å². The molecule has 12 heteroatoms. The summed E-state index contributed by atoms with van der Waals surface area (Å²) < 4.78 is 77.1. The summed E-state index contributed by atoms with van der Waals surface area (Å²) in [5, 5.41) is 13.9. The first-order valence-electron chi connectivity index (χ1n) is 9.00. The van der Waals surface area contributed by atoms with Crippen LogP contribution in [-0.2, 0) is 16.1 Å². The second-order valence-electron chi connectivity index (χ2n) is 6.47. The first-order chi connectivity index (χ1) is 15.2. The van der Waals surface area contributed by atoms with Crippen LogP contribution >= 0.6 is 0 Å². The number of rotatable bonds is 7. The molecule has 0 saturated carbocycles. The zero-order valence-electron chi connectivity index (χ0n) is 16.1. The maximum Gasteiger partial charge on any atom is 0.245 e. The average Bonchev–Trinajstić information content (AvgIpc) is 3.26. The van der Waals surface area contributed by atoms with E-state index in [-0.39, 0.29) is 13.3 Å². The number of halogens is 5. The van der Waals surface area contributed by atoms with Gasteiger partial charge in [0.25, 0.3) is 0 Å². The number of fused-ring (bicyclic) bond motifs is 1. The van der Waals surface area contributed by atoms with Gasteiger partial charge in [-0.25, -0.2) is 22.0 Å². The molecule has 0 aromatic heterocycles. The molecule has 3 rings (SSSR count). The summed E-state index contributed by atoms with van der Waals surface area (Å²) >= 11 is 0. The van der Waals surface area contributed by atoms with Gasteiger partial charge >= 0.3 is 0 Å². The average molecular weight is 458 g/mol. The normalized spacial score (nSPS) is 13.3. The SMILES string of the molecule is O=C(C=Cc1c(F)c(F)c(F)c(F)c1F)NC(CO)C(=O)NCc1ccc2c(c1)OCO2. The van der Waals surface area contributed by atoms with Crippen LogP contribution in [0.25, 0.3) is 6.08 Å². The van der Waals surface area contributed by atoms with Gasteiger partial charge in [-0.1, -0.05) is 6.07 Å². The molecule has 0 saturated heterocycles. The Morgan fingerprint density at radius 3 is 2.28 bits per heavy atom. The summed E-state index contributed by atoms with van der Waals surface area (Å²) in [6.07, 6.45) is 0.830. The standard InChI is InChI=1S/C20H15F5N2O5/c21-15-10(16(22)18(24)19(25)17(15)23)2-4-14(29)27-11(7-28)20(30)26-6-9-1-3-12-13(5-9)32-8-31-12/h1-5,11,28H,6-8H2,(H,26,30)(H,27,29). The van der Waals surface area contributed by atoms with Crippen LogP contribution in [0.1, 0.15) is 11.1 Å². The number of hydrogen-bond donors (Lipinski definition) is 3. The summed E-state index contributed by atoms with van der Waals surface area (Å²) in [5.41, 5.74) is -0.693. The molecule has 2 aromatic carbocycles. The molecule has 32 heavy (non-hydrogen) atoms. The lowest BCUT2D eigenvalue weighted by atomic mass is 10.1. The molecular weight excluding hydrogens is 443 g/mol. The number of nitrogens with one attached hydrogen (secondary N) is 2. The molecule has 0 bridgehead atoms. The molecule has 0 radical (unpaired) electrons. The molecule has 0 spiro atoms. The zero-order valence-corrected chi connectivity index (χ0v) is 16.1. The summed E-state index contributed by atoms with van der Waals surface area (Å²) in [6.45, 7) is -0.737. The van der Waals surface area contributed by atoms with Gasteiger partial charge < -0.3 is 25.2 Å². The first-order valence-corrected chi connectivity index (χ1v) is 9.00. The van der Waals surface area contributed by atoms with Gasteiger partial charge in [-0.2, -0.15) is 0 Å². The number of carbonyl (C=O) groups is 2. The van der Waals surface area contributed by atoms with Crippen LogP contribution in [-0.4, -0.2) is 36.4 Å². The molecule has 1 atom stereocenters. The third-order valence-electron chi connectivity index (χ3n) is 4.36. The Labute approximate surface area is 177 Å². The molecule has 1 unspecified atom stereocenters. The van der Waals surface area contributed by atoms with Gasteiger partial charge in [0.05, 0.1) is 12.2 Å². The fraction of sp³-hybridized carbons (Fsp3) is 0.200. The highest BCUT2D eigenvalue weighted by Crippen LogP contribution is 2.32. The van der Waals surface area contributed by atoms with E-state index in [2.05, 4.69) is 10.6 Å². The van der Waals surface area contributed by atoms with Crippen LogP contribution in [0, 0.1) is 29.1 Å². The third-order valence-corrected chi connectivity index (χ3v) is 4.36. The molecule has 1 aliphatic rings. The molecular formula is C20H15F5N2O5. The van der Waals surface area contributed by atoms with Crippen LogP contribution in [0.4, 0.5) is 22.0 Å². The van der Waals surface area contributed by atoms with E-state index in [9.17, 15) is 36.6 Å². The Balaban J connectivity index is 1.61. The maximum absolute atomic E-state index is 13.6. The first kappa shape index (κ1) is 23.0. The van der Waals surface area contributed by atoms with Crippen LogP contribution in [0.5, 0.6) is 11.5 Å². The van der Waals surface area contributed by atoms with Crippen LogP contribution < -0.4 is 20.1 Å². The van der Waals surface area contributed by atoms with E-state index in [0.717, 1.165) is 0 Å². The zero-order chi connectivity index (χ0) is 23.4. The summed E-state index contributed by atoms with van der Waals surface area (Å²) in [5.74, 6) is -11.8. The minimum atomic E-state index is -2.33. The van der Waals surface area contributed by atoms with Gasteiger partial charge in [0.15, 0.2) is 34.8 Å². The van der Waals surface area contributed by atoms with Crippen molar-refractivity contribution in [2.45, 2.75) is 12.6 Å². The minimum absolute atomic E-state index is 0.0161. The Kier molecular flexibility index (Phi) is 6.93. The number of carbonyl (C=O) groups excluding carboxylic acids is 2. The van der Waals surface area contributed by atoms with E-state index >= 15 is 0 Å². The van der Waals surface area contributed by atoms with Gasteiger partial charge in [-0.05, 0) is 23.8 Å².